The van der Waals surface area contributed by atoms with Crippen LogP contribution in [0.25, 0.3) is 0 Å². The largest absolute Gasteiger partial charge is 0.330 e. The normalized spacial score (nSPS) is 37.1. The van der Waals surface area contributed by atoms with Gasteiger partial charge in [-0.1, -0.05) is 27.2 Å². The molecule has 3 nitrogen and oxygen atoms in total. The lowest BCUT2D eigenvalue weighted by Gasteiger charge is -2.40. The lowest BCUT2D eigenvalue weighted by Crippen LogP contribution is -2.47. The maximum atomic E-state index is 6.02. The average molecular weight is 267 g/mol. The minimum absolute atomic E-state index is 0.742. The molecule has 112 valence electrons. The van der Waals surface area contributed by atoms with Gasteiger partial charge in [-0.25, -0.2) is 0 Å². The molecule has 19 heavy (non-hydrogen) atoms. The fraction of sp³-hybridized carbons (Fsp3) is 1.00. The molecule has 0 bridgehead atoms. The molecule has 2 aliphatic rings. The first-order valence-electron chi connectivity index (χ1n) is 8.37. The number of hydrogen-bond acceptors (Lipinski definition) is 3. The highest BCUT2D eigenvalue weighted by Crippen LogP contribution is 2.34. The van der Waals surface area contributed by atoms with E-state index in [1.54, 1.807) is 0 Å². The predicted octanol–water partition coefficient (Wildman–Crippen LogP) is 2.17. The third-order valence-corrected chi connectivity index (χ3v) is 5.51. The molecule has 0 aromatic carbocycles. The zero-order chi connectivity index (χ0) is 13.8. The standard InChI is InChI=1S/C16H33N3/c1-4-18(5-2)15-8-9-19(12-15)16-10-13(3)6-7-14(16)11-17/h13-16H,4-12,17H2,1-3H3. The van der Waals surface area contributed by atoms with Crippen LogP contribution in [0.1, 0.15) is 46.5 Å². The van der Waals surface area contributed by atoms with Crippen LogP contribution in [0.3, 0.4) is 0 Å². The van der Waals surface area contributed by atoms with Gasteiger partial charge in [0.15, 0.2) is 0 Å². The van der Waals surface area contributed by atoms with Gasteiger partial charge < -0.3 is 5.73 Å². The second kappa shape index (κ2) is 7.05. The number of likely N-dealkylation sites (N-methyl/N-ethyl adjacent to an activating group) is 1. The summed E-state index contributed by atoms with van der Waals surface area (Å²) >= 11 is 0. The fourth-order valence-corrected chi connectivity index (χ4v) is 4.24. The topological polar surface area (TPSA) is 32.5 Å². The highest BCUT2D eigenvalue weighted by atomic mass is 15.3. The van der Waals surface area contributed by atoms with E-state index in [0.29, 0.717) is 0 Å². The smallest absolute Gasteiger partial charge is 0.0235 e. The van der Waals surface area contributed by atoms with Gasteiger partial charge in [0.25, 0.3) is 0 Å². The Morgan fingerprint density at radius 3 is 2.53 bits per heavy atom. The van der Waals surface area contributed by atoms with E-state index in [-0.39, 0.29) is 0 Å². The molecule has 0 aromatic rings. The summed E-state index contributed by atoms with van der Waals surface area (Å²) < 4.78 is 0. The summed E-state index contributed by atoms with van der Waals surface area (Å²) in [5.41, 5.74) is 6.02. The Morgan fingerprint density at radius 2 is 1.89 bits per heavy atom. The van der Waals surface area contributed by atoms with Crippen LogP contribution in [0, 0.1) is 11.8 Å². The van der Waals surface area contributed by atoms with Gasteiger partial charge in [-0.15, -0.1) is 0 Å². The lowest BCUT2D eigenvalue weighted by molar-refractivity contribution is 0.0973. The van der Waals surface area contributed by atoms with E-state index in [0.717, 1.165) is 30.5 Å². The summed E-state index contributed by atoms with van der Waals surface area (Å²) in [5.74, 6) is 1.63. The highest BCUT2D eigenvalue weighted by Gasteiger charge is 2.36. The molecule has 1 saturated carbocycles. The molecule has 1 aliphatic carbocycles. The van der Waals surface area contributed by atoms with Crippen LogP contribution >= 0.6 is 0 Å². The number of likely N-dealkylation sites (tertiary alicyclic amines) is 1. The number of rotatable bonds is 5. The molecular formula is C16H33N3. The lowest BCUT2D eigenvalue weighted by atomic mass is 9.78. The summed E-state index contributed by atoms with van der Waals surface area (Å²) in [5, 5.41) is 0. The molecule has 4 atom stereocenters. The molecule has 2 fully saturated rings. The van der Waals surface area contributed by atoms with Gasteiger partial charge in [0, 0.05) is 25.2 Å². The minimum Gasteiger partial charge on any atom is -0.330 e. The first kappa shape index (κ1) is 15.3. The SMILES string of the molecule is CCN(CC)C1CCN(C2CC(C)CCC2CN)C1. The summed E-state index contributed by atoms with van der Waals surface area (Å²) in [6.45, 7) is 12.8. The predicted molar refractivity (Wildman–Crippen MR) is 82.2 cm³/mol. The Bertz CT molecular complexity index is 265. The monoisotopic (exact) mass is 267 g/mol. The van der Waals surface area contributed by atoms with E-state index in [1.807, 2.05) is 0 Å². The van der Waals surface area contributed by atoms with Crippen molar-refractivity contribution in [3.05, 3.63) is 0 Å². The summed E-state index contributed by atoms with van der Waals surface area (Å²) in [6.07, 6.45) is 5.44. The zero-order valence-corrected chi connectivity index (χ0v) is 13.1. The van der Waals surface area contributed by atoms with Crippen LogP contribution in [0.4, 0.5) is 0 Å². The molecule has 2 N–H and O–H groups in total. The molecule has 1 saturated heterocycles. The average Bonchev–Trinajstić information content (AvgIpc) is 2.89. The molecule has 0 amide bonds. The van der Waals surface area contributed by atoms with Gasteiger partial charge in [-0.2, -0.15) is 0 Å². The molecular weight excluding hydrogens is 234 g/mol. The molecule has 2 rings (SSSR count). The van der Waals surface area contributed by atoms with Crippen molar-refractivity contribution in [1.29, 1.82) is 0 Å². The first-order chi connectivity index (χ1) is 9.19. The molecule has 0 radical (unpaired) electrons. The Labute approximate surface area is 119 Å². The van der Waals surface area contributed by atoms with E-state index in [4.69, 9.17) is 5.73 Å². The van der Waals surface area contributed by atoms with Crippen molar-refractivity contribution < 1.29 is 0 Å². The second-order valence-corrected chi connectivity index (χ2v) is 6.64. The summed E-state index contributed by atoms with van der Waals surface area (Å²) in [4.78, 5) is 5.39. The molecule has 3 heteroatoms. The van der Waals surface area contributed by atoms with Crippen molar-refractivity contribution in [2.45, 2.75) is 58.5 Å². The van der Waals surface area contributed by atoms with Gasteiger partial charge in [0.05, 0.1) is 0 Å². The number of hydrogen-bond donors (Lipinski definition) is 1. The third-order valence-electron chi connectivity index (χ3n) is 5.51. The van der Waals surface area contributed by atoms with Crippen LogP contribution < -0.4 is 5.73 Å². The second-order valence-electron chi connectivity index (χ2n) is 6.64. The van der Waals surface area contributed by atoms with Crippen molar-refractivity contribution in [2.75, 3.05) is 32.7 Å². The van der Waals surface area contributed by atoms with Crippen LogP contribution in [0.5, 0.6) is 0 Å². The fourth-order valence-electron chi connectivity index (χ4n) is 4.24. The quantitative estimate of drug-likeness (QED) is 0.828. The Hall–Kier alpha value is -0.120. The molecule has 0 spiro atoms. The number of nitrogens with zero attached hydrogens (tertiary/aromatic N) is 2. The van der Waals surface area contributed by atoms with E-state index in [2.05, 4.69) is 30.6 Å². The maximum absolute atomic E-state index is 6.02. The van der Waals surface area contributed by atoms with E-state index in [1.165, 1.54) is 51.9 Å². The Kier molecular flexibility index (Phi) is 5.67. The van der Waals surface area contributed by atoms with Crippen LogP contribution in [-0.4, -0.2) is 54.6 Å². The van der Waals surface area contributed by atoms with Crippen LogP contribution in [0.15, 0.2) is 0 Å². The van der Waals surface area contributed by atoms with Crippen molar-refractivity contribution in [3.8, 4) is 0 Å². The van der Waals surface area contributed by atoms with Gasteiger partial charge in [0.2, 0.25) is 0 Å². The van der Waals surface area contributed by atoms with Gasteiger partial charge in [-0.05, 0) is 50.7 Å². The van der Waals surface area contributed by atoms with Gasteiger partial charge in [0.1, 0.15) is 0 Å². The van der Waals surface area contributed by atoms with Crippen molar-refractivity contribution in [3.63, 3.8) is 0 Å². The summed E-state index contributed by atoms with van der Waals surface area (Å²) in [6, 6.07) is 1.54. The molecule has 1 heterocycles. The van der Waals surface area contributed by atoms with Crippen LogP contribution in [0.2, 0.25) is 0 Å². The number of nitrogens with two attached hydrogens (primary N) is 1. The highest BCUT2D eigenvalue weighted by molar-refractivity contribution is 4.92. The Balaban J connectivity index is 1.94. The van der Waals surface area contributed by atoms with Crippen molar-refractivity contribution >= 4 is 0 Å². The van der Waals surface area contributed by atoms with E-state index < -0.39 is 0 Å². The Morgan fingerprint density at radius 1 is 1.16 bits per heavy atom. The van der Waals surface area contributed by atoms with Crippen LogP contribution in [-0.2, 0) is 0 Å². The van der Waals surface area contributed by atoms with Gasteiger partial charge >= 0.3 is 0 Å². The molecule has 1 aliphatic heterocycles. The van der Waals surface area contributed by atoms with E-state index >= 15 is 0 Å². The first-order valence-corrected chi connectivity index (χ1v) is 8.37. The minimum atomic E-state index is 0.742. The molecule has 0 aromatic heterocycles. The van der Waals surface area contributed by atoms with Crippen molar-refractivity contribution in [1.82, 2.24) is 9.80 Å². The molecule has 4 unspecified atom stereocenters. The maximum Gasteiger partial charge on any atom is 0.0235 e. The third kappa shape index (κ3) is 3.50. The van der Waals surface area contributed by atoms with E-state index in [9.17, 15) is 0 Å². The van der Waals surface area contributed by atoms with Gasteiger partial charge in [-0.3, -0.25) is 9.80 Å². The zero-order valence-electron chi connectivity index (χ0n) is 13.1. The summed E-state index contributed by atoms with van der Waals surface area (Å²) in [7, 11) is 0. The van der Waals surface area contributed by atoms with Crippen molar-refractivity contribution in [2.24, 2.45) is 17.6 Å².